The SMILES string of the molecule is CCc1ccc(N(C)c2ccc3c(c2)OCC[C@H]3CCc2cnccc2C(=O)OC)nc1. The first kappa shape index (κ1) is 21.8. The lowest BCUT2D eigenvalue weighted by atomic mass is 9.87. The number of ether oxygens (including phenoxy) is 2. The third-order valence-electron chi connectivity index (χ3n) is 6.18. The standard InChI is InChI=1S/C26H29N3O3/c1-4-18-5-10-25(28-16-18)29(2)21-8-9-22-19(12-14-32-24(22)15-21)6-7-20-17-27-13-11-23(20)26(30)31-3/h5,8-11,13,15-17,19H,4,6-7,12,14H2,1-3H3/t19-/m1/s1. The Labute approximate surface area is 189 Å². The summed E-state index contributed by atoms with van der Waals surface area (Å²) in [4.78, 5) is 22.9. The number of methoxy groups -OCH3 is 1. The molecule has 0 unspecified atom stereocenters. The zero-order chi connectivity index (χ0) is 22.5. The summed E-state index contributed by atoms with van der Waals surface area (Å²) < 4.78 is 10.9. The minimum atomic E-state index is -0.317. The van der Waals surface area contributed by atoms with Crippen molar-refractivity contribution in [3.8, 4) is 5.75 Å². The number of hydrogen-bond acceptors (Lipinski definition) is 6. The Bertz CT molecular complexity index is 1080. The van der Waals surface area contributed by atoms with Gasteiger partial charge < -0.3 is 14.4 Å². The van der Waals surface area contributed by atoms with E-state index in [1.54, 1.807) is 18.5 Å². The van der Waals surface area contributed by atoms with Crippen molar-refractivity contribution in [3.63, 3.8) is 0 Å². The summed E-state index contributed by atoms with van der Waals surface area (Å²) in [5.74, 6) is 1.88. The van der Waals surface area contributed by atoms with Gasteiger partial charge in [-0.3, -0.25) is 4.98 Å². The van der Waals surface area contributed by atoms with Crippen LogP contribution >= 0.6 is 0 Å². The fourth-order valence-electron chi connectivity index (χ4n) is 4.18. The van der Waals surface area contributed by atoms with Crippen molar-refractivity contribution in [3.05, 3.63) is 77.2 Å². The maximum Gasteiger partial charge on any atom is 0.338 e. The van der Waals surface area contributed by atoms with Gasteiger partial charge in [0.2, 0.25) is 0 Å². The van der Waals surface area contributed by atoms with Crippen molar-refractivity contribution in [2.24, 2.45) is 0 Å². The normalized spacial score (nSPS) is 14.9. The summed E-state index contributed by atoms with van der Waals surface area (Å²) in [6, 6.07) is 12.3. The van der Waals surface area contributed by atoms with E-state index >= 15 is 0 Å². The van der Waals surface area contributed by atoms with Gasteiger partial charge >= 0.3 is 5.97 Å². The maximum atomic E-state index is 12.1. The zero-order valence-corrected chi connectivity index (χ0v) is 18.9. The summed E-state index contributed by atoms with van der Waals surface area (Å²) >= 11 is 0. The van der Waals surface area contributed by atoms with Crippen molar-refractivity contribution in [2.45, 2.75) is 38.5 Å². The Morgan fingerprint density at radius 1 is 1.22 bits per heavy atom. The quantitative estimate of drug-likeness (QED) is 0.486. The molecule has 0 aliphatic carbocycles. The number of anilines is 2. The van der Waals surface area contributed by atoms with E-state index in [1.165, 1.54) is 18.2 Å². The molecule has 0 spiro atoms. The Hall–Kier alpha value is -3.41. The first-order valence-electron chi connectivity index (χ1n) is 11.1. The van der Waals surface area contributed by atoms with Crippen LogP contribution in [0.4, 0.5) is 11.5 Å². The number of pyridine rings is 2. The molecule has 4 rings (SSSR count). The molecule has 1 aliphatic heterocycles. The van der Waals surface area contributed by atoms with Crippen molar-refractivity contribution < 1.29 is 14.3 Å². The molecule has 6 nitrogen and oxygen atoms in total. The van der Waals surface area contributed by atoms with Crippen LogP contribution in [0.1, 0.15) is 52.7 Å². The molecule has 0 saturated carbocycles. The van der Waals surface area contributed by atoms with Gasteiger partial charge in [0.1, 0.15) is 11.6 Å². The van der Waals surface area contributed by atoms with Gasteiger partial charge in [0, 0.05) is 37.4 Å². The molecule has 3 heterocycles. The molecule has 0 radical (unpaired) electrons. The molecule has 0 saturated heterocycles. The lowest BCUT2D eigenvalue weighted by Crippen LogP contribution is -2.17. The van der Waals surface area contributed by atoms with Crippen LogP contribution < -0.4 is 9.64 Å². The monoisotopic (exact) mass is 431 g/mol. The van der Waals surface area contributed by atoms with E-state index in [0.29, 0.717) is 18.1 Å². The van der Waals surface area contributed by atoms with Gasteiger partial charge in [-0.15, -0.1) is 0 Å². The van der Waals surface area contributed by atoms with Crippen molar-refractivity contribution in [1.29, 1.82) is 0 Å². The topological polar surface area (TPSA) is 64.5 Å². The molecule has 6 heteroatoms. The van der Waals surface area contributed by atoms with Crippen molar-refractivity contribution >= 4 is 17.5 Å². The number of carbonyl (C=O) groups excluding carboxylic acids is 1. The Balaban J connectivity index is 1.50. The van der Waals surface area contributed by atoms with Crippen LogP contribution in [0, 0.1) is 0 Å². The van der Waals surface area contributed by atoms with E-state index in [2.05, 4.69) is 52.1 Å². The van der Waals surface area contributed by atoms with E-state index in [9.17, 15) is 4.79 Å². The second-order valence-corrected chi connectivity index (χ2v) is 8.06. The molecule has 0 fully saturated rings. The van der Waals surface area contributed by atoms with Crippen LogP contribution in [0.2, 0.25) is 0 Å². The Kier molecular flexibility index (Phi) is 6.69. The highest BCUT2D eigenvalue weighted by Crippen LogP contribution is 2.39. The molecular formula is C26H29N3O3. The number of fused-ring (bicyclic) bond motifs is 1. The lowest BCUT2D eigenvalue weighted by molar-refractivity contribution is 0.0599. The predicted octanol–water partition coefficient (Wildman–Crippen LogP) is 5.09. The number of esters is 1. The molecule has 166 valence electrons. The molecular weight excluding hydrogens is 402 g/mol. The Morgan fingerprint density at radius 3 is 2.84 bits per heavy atom. The summed E-state index contributed by atoms with van der Waals surface area (Å²) in [5.41, 5.74) is 4.99. The first-order valence-corrected chi connectivity index (χ1v) is 11.1. The van der Waals surface area contributed by atoms with Crippen LogP contribution in [-0.4, -0.2) is 36.7 Å². The molecule has 32 heavy (non-hydrogen) atoms. The zero-order valence-electron chi connectivity index (χ0n) is 18.9. The second-order valence-electron chi connectivity index (χ2n) is 8.06. The number of aromatic nitrogens is 2. The van der Waals surface area contributed by atoms with E-state index in [0.717, 1.165) is 48.5 Å². The number of rotatable bonds is 7. The predicted molar refractivity (Wildman–Crippen MR) is 125 cm³/mol. The van der Waals surface area contributed by atoms with Crippen LogP contribution in [0.15, 0.2) is 55.0 Å². The molecule has 1 aromatic carbocycles. The van der Waals surface area contributed by atoms with Crippen LogP contribution in [0.25, 0.3) is 0 Å². The lowest BCUT2D eigenvalue weighted by Gasteiger charge is -2.28. The highest BCUT2D eigenvalue weighted by Gasteiger charge is 2.23. The van der Waals surface area contributed by atoms with Crippen molar-refractivity contribution in [2.75, 3.05) is 25.7 Å². The van der Waals surface area contributed by atoms with Crippen LogP contribution in [0.3, 0.4) is 0 Å². The summed E-state index contributed by atoms with van der Waals surface area (Å²) in [7, 11) is 3.43. The van der Waals surface area contributed by atoms with Gasteiger partial charge in [0.25, 0.3) is 0 Å². The second kappa shape index (κ2) is 9.81. The fourth-order valence-corrected chi connectivity index (χ4v) is 4.18. The number of carbonyl (C=O) groups is 1. The fraction of sp³-hybridized carbons (Fsp3) is 0.346. The minimum Gasteiger partial charge on any atom is -0.493 e. The third kappa shape index (κ3) is 4.59. The first-order chi connectivity index (χ1) is 15.6. The summed E-state index contributed by atoms with van der Waals surface area (Å²) in [6.45, 7) is 2.81. The van der Waals surface area contributed by atoms with Gasteiger partial charge in [0.05, 0.1) is 19.3 Å². The van der Waals surface area contributed by atoms with E-state index in [-0.39, 0.29) is 5.97 Å². The van der Waals surface area contributed by atoms with E-state index in [4.69, 9.17) is 9.47 Å². The number of aryl methyl sites for hydroxylation is 2. The molecule has 1 aliphatic rings. The molecule has 0 bridgehead atoms. The van der Waals surface area contributed by atoms with Gasteiger partial charge in [0.15, 0.2) is 0 Å². The summed E-state index contributed by atoms with van der Waals surface area (Å²) in [5, 5.41) is 0. The summed E-state index contributed by atoms with van der Waals surface area (Å²) in [6.07, 6.45) is 8.93. The van der Waals surface area contributed by atoms with E-state index < -0.39 is 0 Å². The average Bonchev–Trinajstić information content (AvgIpc) is 2.86. The van der Waals surface area contributed by atoms with E-state index in [1.807, 2.05) is 13.2 Å². The van der Waals surface area contributed by atoms with Crippen LogP contribution in [0.5, 0.6) is 5.75 Å². The van der Waals surface area contributed by atoms with Crippen molar-refractivity contribution in [1.82, 2.24) is 9.97 Å². The smallest absolute Gasteiger partial charge is 0.338 e. The van der Waals surface area contributed by atoms with Gasteiger partial charge in [-0.2, -0.15) is 0 Å². The number of hydrogen-bond donors (Lipinski definition) is 0. The highest BCUT2D eigenvalue weighted by molar-refractivity contribution is 5.90. The molecule has 0 amide bonds. The van der Waals surface area contributed by atoms with Gasteiger partial charge in [-0.25, -0.2) is 9.78 Å². The maximum absolute atomic E-state index is 12.1. The average molecular weight is 432 g/mol. The largest absolute Gasteiger partial charge is 0.493 e. The number of benzene rings is 1. The number of nitrogens with zero attached hydrogens (tertiary/aromatic N) is 3. The van der Waals surface area contributed by atoms with Crippen LogP contribution in [-0.2, 0) is 17.6 Å². The minimum absolute atomic E-state index is 0.317. The molecule has 3 aromatic rings. The van der Waals surface area contributed by atoms with Gasteiger partial charge in [-0.1, -0.05) is 19.1 Å². The highest BCUT2D eigenvalue weighted by atomic mass is 16.5. The Morgan fingerprint density at radius 2 is 2.09 bits per heavy atom. The molecule has 2 aromatic heterocycles. The molecule has 0 N–H and O–H groups in total. The molecule has 1 atom stereocenters. The third-order valence-corrected chi connectivity index (χ3v) is 6.18. The van der Waals surface area contributed by atoms with Gasteiger partial charge in [-0.05, 0) is 66.5 Å².